The molecule has 0 heterocycles. The van der Waals surface area contributed by atoms with Crippen molar-refractivity contribution in [3.63, 3.8) is 0 Å². The number of methoxy groups -OCH3 is 1. The molecule has 0 saturated heterocycles. The van der Waals surface area contributed by atoms with E-state index in [-0.39, 0.29) is 10.6 Å². The van der Waals surface area contributed by atoms with Gasteiger partial charge in [0.15, 0.2) is 0 Å². The van der Waals surface area contributed by atoms with Crippen molar-refractivity contribution >= 4 is 27.3 Å². The zero-order valence-electron chi connectivity index (χ0n) is 10.8. The molecule has 2 rings (SSSR count). The van der Waals surface area contributed by atoms with Crippen LogP contribution in [0.1, 0.15) is 5.56 Å². The van der Waals surface area contributed by atoms with Gasteiger partial charge in [0, 0.05) is 34.4 Å². The van der Waals surface area contributed by atoms with Crippen molar-refractivity contribution in [3.8, 4) is 5.75 Å². The fraction of sp³-hybridized carbons (Fsp3) is 0.143. The van der Waals surface area contributed by atoms with Crippen molar-refractivity contribution in [1.29, 1.82) is 0 Å². The molecule has 5 nitrogen and oxygen atoms in total. The van der Waals surface area contributed by atoms with E-state index in [2.05, 4.69) is 21.2 Å². The number of nitrogens with zero attached hydrogens (tertiary/aromatic N) is 1. The second-order valence-corrected chi connectivity index (χ2v) is 5.03. The molecule has 0 atom stereocenters. The van der Waals surface area contributed by atoms with Crippen molar-refractivity contribution in [2.75, 3.05) is 12.4 Å². The Morgan fingerprint density at radius 2 is 2.10 bits per heavy atom. The number of nitro groups is 1. The van der Waals surface area contributed by atoms with Crippen LogP contribution in [0, 0.1) is 10.1 Å². The minimum atomic E-state index is -0.382. The van der Waals surface area contributed by atoms with Gasteiger partial charge in [-0.3, -0.25) is 10.1 Å². The van der Waals surface area contributed by atoms with Crippen LogP contribution in [0.15, 0.2) is 46.9 Å². The molecule has 0 aliphatic rings. The Labute approximate surface area is 124 Å². The molecule has 1 N–H and O–H groups in total. The molecule has 0 unspecified atom stereocenters. The maximum absolute atomic E-state index is 11.0. The monoisotopic (exact) mass is 336 g/mol. The van der Waals surface area contributed by atoms with Gasteiger partial charge in [0.05, 0.1) is 12.0 Å². The zero-order chi connectivity index (χ0) is 14.5. The first kappa shape index (κ1) is 14.3. The van der Waals surface area contributed by atoms with Crippen LogP contribution >= 0.6 is 15.9 Å². The van der Waals surface area contributed by atoms with E-state index in [0.29, 0.717) is 16.6 Å². The number of rotatable bonds is 5. The van der Waals surface area contributed by atoms with E-state index in [4.69, 9.17) is 4.74 Å². The van der Waals surface area contributed by atoms with E-state index in [1.807, 2.05) is 24.3 Å². The van der Waals surface area contributed by atoms with Gasteiger partial charge in [0.2, 0.25) is 0 Å². The van der Waals surface area contributed by atoms with Gasteiger partial charge in [0.25, 0.3) is 5.69 Å². The van der Waals surface area contributed by atoms with Crippen LogP contribution in [0.3, 0.4) is 0 Å². The molecule has 0 saturated carbocycles. The standard InChI is InChI=1S/C14H13BrN2O3/c1-20-13-4-2-3-12(8-13)16-9-10-5-6-11(15)7-14(10)17(18)19/h2-8,16H,9H2,1H3. The molecule has 0 radical (unpaired) electrons. The van der Waals surface area contributed by atoms with Crippen LogP contribution < -0.4 is 10.1 Å². The van der Waals surface area contributed by atoms with Gasteiger partial charge in [-0.25, -0.2) is 0 Å². The topological polar surface area (TPSA) is 64.4 Å². The molecule has 2 aromatic carbocycles. The van der Waals surface area contributed by atoms with Gasteiger partial charge in [0.1, 0.15) is 5.75 Å². The average molecular weight is 337 g/mol. The largest absolute Gasteiger partial charge is 0.497 e. The highest BCUT2D eigenvalue weighted by Gasteiger charge is 2.13. The Morgan fingerprint density at radius 3 is 2.80 bits per heavy atom. The number of halogens is 1. The van der Waals surface area contributed by atoms with Crippen LogP contribution in [0.2, 0.25) is 0 Å². The molecule has 20 heavy (non-hydrogen) atoms. The first-order chi connectivity index (χ1) is 9.60. The summed E-state index contributed by atoms with van der Waals surface area (Å²) in [5.74, 6) is 0.736. The number of hydrogen-bond donors (Lipinski definition) is 1. The summed E-state index contributed by atoms with van der Waals surface area (Å²) in [6.45, 7) is 0.372. The van der Waals surface area contributed by atoms with Crippen LogP contribution in [-0.2, 0) is 6.54 Å². The van der Waals surface area contributed by atoms with Gasteiger partial charge < -0.3 is 10.1 Å². The minimum Gasteiger partial charge on any atom is -0.497 e. The Balaban J connectivity index is 2.16. The average Bonchev–Trinajstić information content (AvgIpc) is 2.46. The van der Waals surface area contributed by atoms with Crippen LogP contribution in [0.4, 0.5) is 11.4 Å². The molecule has 0 fully saturated rings. The highest BCUT2D eigenvalue weighted by molar-refractivity contribution is 9.10. The van der Waals surface area contributed by atoms with Gasteiger partial charge >= 0.3 is 0 Å². The second kappa shape index (κ2) is 6.38. The number of nitrogens with one attached hydrogen (secondary N) is 1. The van der Waals surface area contributed by atoms with Crippen molar-refractivity contribution in [2.24, 2.45) is 0 Å². The summed E-state index contributed by atoms with van der Waals surface area (Å²) in [4.78, 5) is 10.6. The van der Waals surface area contributed by atoms with Crippen LogP contribution in [0.5, 0.6) is 5.75 Å². The summed E-state index contributed by atoms with van der Waals surface area (Å²) in [6, 6.07) is 12.4. The molecular weight excluding hydrogens is 324 g/mol. The van der Waals surface area contributed by atoms with Crippen LogP contribution in [-0.4, -0.2) is 12.0 Å². The van der Waals surface area contributed by atoms with E-state index >= 15 is 0 Å². The first-order valence-corrected chi connectivity index (χ1v) is 6.70. The molecule has 0 bridgehead atoms. The number of anilines is 1. The van der Waals surface area contributed by atoms with Crippen molar-refractivity contribution in [2.45, 2.75) is 6.54 Å². The number of nitro benzene ring substituents is 1. The third kappa shape index (κ3) is 3.48. The second-order valence-electron chi connectivity index (χ2n) is 4.12. The summed E-state index contributed by atoms with van der Waals surface area (Å²) in [5, 5.41) is 14.2. The number of ether oxygens (including phenoxy) is 1. The summed E-state index contributed by atoms with van der Waals surface area (Å²) in [7, 11) is 1.60. The lowest BCUT2D eigenvalue weighted by molar-refractivity contribution is -0.385. The SMILES string of the molecule is COc1cccc(NCc2ccc(Br)cc2[N+](=O)[O-])c1. The summed E-state index contributed by atoms with van der Waals surface area (Å²) >= 11 is 3.24. The fourth-order valence-electron chi connectivity index (χ4n) is 1.79. The Kier molecular flexibility index (Phi) is 4.57. The highest BCUT2D eigenvalue weighted by atomic mass is 79.9. The molecule has 0 aromatic heterocycles. The Bertz CT molecular complexity index is 632. The maximum Gasteiger partial charge on any atom is 0.275 e. The Hall–Kier alpha value is -2.08. The smallest absolute Gasteiger partial charge is 0.275 e. The molecule has 0 spiro atoms. The van der Waals surface area contributed by atoms with Crippen molar-refractivity contribution in [1.82, 2.24) is 0 Å². The third-order valence-corrected chi connectivity index (χ3v) is 3.29. The normalized spacial score (nSPS) is 10.1. The predicted octanol–water partition coefficient (Wildman–Crippen LogP) is 3.98. The molecule has 0 aliphatic carbocycles. The fourth-order valence-corrected chi connectivity index (χ4v) is 2.14. The van der Waals surface area contributed by atoms with Gasteiger partial charge in [-0.2, -0.15) is 0 Å². The molecule has 2 aromatic rings. The van der Waals surface area contributed by atoms with E-state index in [0.717, 1.165) is 11.4 Å². The highest BCUT2D eigenvalue weighted by Crippen LogP contribution is 2.25. The quantitative estimate of drug-likeness (QED) is 0.662. The Morgan fingerprint density at radius 1 is 1.30 bits per heavy atom. The maximum atomic E-state index is 11.0. The van der Waals surface area contributed by atoms with E-state index in [9.17, 15) is 10.1 Å². The molecular formula is C14H13BrN2O3. The van der Waals surface area contributed by atoms with Gasteiger partial charge in [-0.05, 0) is 24.3 Å². The zero-order valence-corrected chi connectivity index (χ0v) is 12.4. The van der Waals surface area contributed by atoms with Gasteiger partial charge in [-0.1, -0.05) is 22.0 Å². The predicted molar refractivity (Wildman–Crippen MR) is 81.1 cm³/mol. The van der Waals surface area contributed by atoms with Gasteiger partial charge in [-0.15, -0.1) is 0 Å². The van der Waals surface area contributed by atoms with Crippen molar-refractivity contribution in [3.05, 3.63) is 62.6 Å². The molecule has 104 valence electrons. The minimum absolute atomic E-state index is 0.0924. The molecule has 6 heteroatoms. The lowest BCUT2D eigenvalue weighted by atomic mass is 10.1. The summed E-state index contributed by atoms with van der Waals surface area (Å²) in [5.41, 5.74) is 1.57. The first-order valence-electron chi connectivity index (χ1n) is 5.91. The summed E-state index contributed by atoms with van der Waals surface area (Å²) < 4.78 is 5.82. The summed E-state index contributed by atoms with van der Waals surface area (Å²) in [6.07, 6.45) is 0. The lowest BCUT2D eigenvalue weighted by Crippen LogP contribution is -2.03. The van der Waals surface area contributed by atoms with E-state index < -0.39 is 0 Å². The lowest BCUT2D eigenvalue weighted by Gasteiger charge is -2.08. The third-order valence-electron chi connectivity index (χ3n) is 2.80. The molecule has 0 amide bonds. The van der Waals surface area contributed by atoms with Crippen LogP contribution in [0.25, 0.3) is 0 Å². The van der Waals surface area contributed by atoms with E-state index in [1.165, 1.54) is 6.07 Å². The number of hydrogen-bond acceptors (Lipinski definition) is 4. The van der Waals surface area contributed by atoms with Crippen molar-refractivity contribution < 1.29 is 9.66 Å². The number of benzene rings is 2. The molecule has 0 aliphatic heterocycles. The van der Waals surface area contributed by atoms with E-state index in [1.54, 1.807) is 19.2 Å².